The maximum atomic E-state index is 6.00. The number of hydrogen-bond donors (Lipinski definition) is 1. The van der Waals surface area contributed by atoms with Crippen LogP contribution in [0.1, 0.15) is 39.7 Å². The van der Waals surface area contributed by atoms with Crippen molar-refractivity contribution in [2.75, 3.05) is 13.7 Å². The van der Waals surface area contributed by atoms with Gasteiger partial charge in [0, 0.05) is 36.4 Å². The van der Waals surface area contributed by atoms with Crippen LogP contribution in [0.2, 0.25) is 0 Å². The third-order valence-electron chi connectivity index (χ3n) is 4.39. The molecule has 0 spiro atoms. The molecule has 0 amide bonds. The summed E-state index contributed by atoms with van der Waals surface area (Å²) < 4.78 is 11.3. The summed E-state index contributed by atoms with van der Waals surface area (Å²) in [7, 11) is 1.66. The highest BCUT2D eigenvalue weighted by Crippen LogP contribution is 2.43. The van der Waals surface area contributed by atoms with Crippen molar-refractivity contribution < 1.29 is 9.47 Å². The summed E-state index contributed by atoms with van der Waals surface area (Å²) in [5, 5.41) is 3.62. The Hall–Kier alpha value is -1.13. The predicted molar refractivity (Wildman–Crippen MR) is 84.4 cm³/mol. The predicted octanol–water partition coefficient (Wildman–Crippen LogP) is 3.02. The van der Waals surface area contributed by atoms with Gasteiger partial charge in [0.25, 0.3) is 0 Å². The highest BCUT2D eigenvalue weighted by molar-refractivity contribution is 5.25. The largest absolute Gasteiger partial charge is 0.481 e. The van der Waals surface area contributed by atoms with Crippen molar-refractivity contribution in [2.24, 2.45) is 11.3 Å². The monoisotopic (exact) mass is 292 g/mol. The van der Waals surface area contributed by atoms with Gasteiger partial charge in [-0.2, -0.15) is 0 Å². The van der Waals surface area contributed by atoms with Crippen LogP contribution in [0.5, 0.6) is 5.88 Å². The Bertz CT molecular complexity index is 460. The van der Waals surface area contributed by atoms with Crippen LogP contribution in [0.25, 0.3) is 0 Å². The molecule has 1 aliphatic carbocycles. The zero-order valence-corrected chi connectivity index (χ0v) is 13.8. The van der Waals surface area contributed by atoms with E-state index < -0.39 is 0 Å². The Labute approximate surface area is 128 Å². The number of pyridine rings is 1. The van der Waals surface area contributed by atoms with Crippen molar-refractivity contribution >= 4 is 0 Å². The van der Waals surface area contributed by atoms with Gasteiger partial charge >= 0.3 is 0 Å². The Kier molecular flexibility index (Phi) is 5.22. The third-order valence-corrected chi connectivity index (χ3v) is 4.39. The van der Waals surface area contributed by atoms with Crippen LogP contribution in [0.15, 0.2) is 18.3 Å². The third kappa shape index (κ3) is 3.74. The smallest absolute Gasteiger partial charge is 0.217 e. The topological polar surface area (TPSA) is 43.4 Å². The zero-order chi connectivity index (χ0) is 15.5. The standard InChI is InChI=1S/C17H28N2O2/c1-12(2)11-21-15-9-14(17(15,3)4)19-10-13-7-6-8-18-16(13)20-5/h6-8,12,14-15,19H,9-11H2,1-5H3. The van der Waals surface area contributed by atoms with Crippen LogP contribution in [-0.4, -0.2) is 30.8 Å². The van der Waals surface area contributed by atoms with Crippen molar-refractivity contribution in [1.29, 1.82) is 0 Å². The van der Waals surface area contributed by atoms with E-state index in [4.69, 9.17) is 9.47 Å². The van der Waals surface area contributed by atoms with Gasteiger partial charge in [0.15, 0.2) is 0 Å². The van der Waals surface area contributed by atoms with E-state index in [2.05, 4.69) is 44.1 Å². The van der Waals surface area contributed by atoms with Gasteiger partial charge in [0.05, 0.1) is 13.2 Å². The van der Waals surface area contributed by atoms with Gasteiger partial charge in [-0.1, -0.05) is 33.8 Å². The van der Waals surface area contributed by atoms with Gasteiger partial charge in [-0.15, -0.1) is 0 Å². The second kappa shape index (κ2) is 6.75. The molecule has 4 heteroatoms. The van der Waals surface area contributed by atoms with E-state index in [1.54, 1.807) is 13.3 Å². The van der Waals surface area contributed by atoms with E-state index in [-0.39, 0.29) is 5.41 Å². The number of rotatable bonds is 7. The second-order valence-corrected chi connectivity index (χ2v) is 6.88. The van der Waals surface area contributed by atoms with Crippen LogP contribution < -0.4 is 10.1 Å². The second-order valence-electron chi connectivity index (χ2n) is 6.88. The van der Waals surface area contributed by atoms with E-state index in [0.29, 0.717) is 23.9 Å². The first-order valence-corrected chi connectivity index (χ1v) is 7.78. The molecule has 0 bridgehead atoms. The Morgan fingerprint density at radius 3 is 2.81 bits per heavy atom. The summed E-state index contributed by atoms with van der Waals surface area (Å²) >= 11 is 0. The Morgan fingerprint density at radius 1 is 1.43 bits per heavy atom. The average Bonchev–Trinajstić information content (AvgIpc) is 2.45. The first-order chi connectivity index (χ1) is 9.95. The van der Waals surface area contributed by atoms with Crippen LogP contribution in [0.4, 0.5) is 0 Å². The van der Waals surface area contributed by atoms with Gasteiger partial charge in [-0.3, -0.25) is 0 Å². The molecule has 1 heterocycles. The molecule has 0 saturated heterocycles. The summed E-state index contributed by atoms with van der Waals surface area (Å²) in [5.41, 5.74) is 1.27. The van der Waals surface area contributed by atoms with Crippen LogP contribution in [0.3, 0.4) is 0 Å². The van der Waals surface area contributed by atoms with Crippen molar-refractivity contribution in [1.82, 2.24) is 10.3 Å². The highest BCUT2D eigenvalue weighted by Gasteiger charge is 2.48. The maximum Gasteiger partial charge on any atom is 0.217 e. The number of nitrogens with zero attached hydrogens (tertiary/aromatic N) is 1. The van der Waals surface area contributed by atoms with Crippen LogP contribution in [0, 0.1) is 11.3 Å². The number of aromatic nitrogens is 1. The van der Waals surface area contributed by atoms with Crippen molar-refractivity contribution in [2.45, 2.75) is 52.8 Å². The maximum absolute atomic E-state index is 6.00. The lowest BCUT2D eigenvalue weighted by Crippen LogP contribution is -2.60. The Balaban J connectivity index is 1.85. The normalized spacial score (nSPS) is 23.9. The number of methoxy groups -OCH3 is 1. The van der Waals surface area contributed by atoms with Gasteiger partial charge in [0.2, 0.25) is 5.88 Å². The number of hydrogen-bond acceptors (Lipinski definition) is 4. The fourth-order valence-corrected chi connectivity index (χ4v) is 2.80. The van der Waals surface area contributed by atoms with Gasteiger partial charge in [0.1, 0.15) is 0 Å². The molecule has 1 saturated carbocycles. The minimum Gasteiger partial charge on any atom is -0.481 e. The van der Waals surface area contributed by atoms with E-state index >= 15 is 0 Å². The van der Waals surface area contributed by atoms with E-state index in [0.717, 1.165) is 25.1 Å². The van der Waals surface area contributed by atoms with Crippen molar-refractivity contribution in [3.63, 3.8) is 0 Å². The van der Waals surface area contributed by atoms with E-state index in [1.165, 1.54) is 0 Å². The molecule has 0 aliphatic heterocycles. The fraction of sp³-hybridized carbons (Fsp3) is 0.706. The average molecular weight is 292 g/mol. The lowest BCUT2D eigenvalue weighted by molar-refractivity contribution is -0.124. The summed E-state index contributed by atoms with van der Waals surface area (Å²) in [6.45, 7) is 10.6. The first kappa shape index (κ1) is 16.2. The van der Waals surface area contributed by atoms with Crippen LogP contribution >= 0.6 is 0 Å². The number of nitrogens with one attached hydrogen (secondary N) is 1. The summed E-state index contributed by atoms with van der Waals surface area (Å²) in [6, 6.07) is 4.47. The highest BCUT2D eigenvalue weighted by atomic mass is 16.5. The molecule has 1 aromatic rings. The quantitative estimate of drug-likeness (QED) is 0.839. The molecular weight excluding hydrogens is 264 g/mol. The first-order valence-electron chi connectivity index (χ1n) is 7.78. The van der Waals surface area contributed by atoms with Gasteiger partial charge in [-0.25, -0.2) is 4.98 Å². The molecule has 2 rings (SSSR count). The minimum absolute atomic E-state index is 0.171. The molecule has 0 aromatic carbocycles. The molecule has 0 radical (unpaired) electrons. The van der Waals surface area contributed by atoms with Crippen LogP contribution in [-0.2, 0) is 11.3 Å². The lowest BCUT2D eigenvalue weighted by Gasteiger charge is -2.52. The fourth-order valence-electron chi connectivity index (χ4n) is 2.80. The lowest BCUT2D eigenvalue weighted by atomic mass is 9.64. The van der Waals surface area contributed by atoms with Crippen molar-refractivity contribution in [3.8, 4) is 5.88 Å². The summed E-state index contributed by atoms with van der Waals surface area (Å²) in [5.74, 6) is 1.29. The molecular formula is C17H28N2O2. The molecule has 4 nitrogen and oxygen atoms in total. The molecule has 118 valence electrons. The van der Waals surface area contributed by atoms with Crippen molar-refractivity contribution in [3.05, 3.63) is 23.9 Å². The SMILES string of the molecule is COc1ncccc1CNC1CC(OCC(C)C)C1(C)C. The summed E-state index contributed by atoms with van der Waals surface area (Å²) in [4.78, 5) is 4.23. The summed E-state index contributed by atoms with van der Waals surface area (Å²) in [6.07, 6.45) is 3.18. The van der Waals surface area contributed by atoms with E-state index in [9.17, 15) is 0 Å². The molecule has 1 aliphatic rings. The molecule has 21 heavy (non-hydrogen) atoms. The zero-order valence-electron chi connectivity index (χ0n) is 13.8. The molecule has 1 fully saturated rings. The Morgan fingerprint density at radius 2 is 2.19 bits per heavy atom. The molecule has 1 N–H and O–H groups in total. The number of ether oxygens (including phenoxy) is 2. The molecule has 2 atom stereocenters. The van der Waals surface area contributed by atoms with E-state index in [1.807, 2.05) is 6.07 Å². The van der Waals surface area contributed by atoms with Gasteiger partial charge in [-0.05, 0) is 18.4 Å². The molecule has 1 aromatic heterocycles. The molecule has 2 unspecified atom stereocenters. The van der Waals surface area contributed by atoms with Gasteiger partial charge < -0.3 is 14.8 Å². The minimum atomic E-state index is 0.171.